The molecule has 6 heterocycles. The number of hydrogen-bond donors (Lipinski definition) is 0. The fourth-order valence-electron chi connectivity index (χ4n) is 6.22. The summed E-state index contributed by atoms with van der Waals surface area (Å²) in [7, 11) is 2.42. The summed E-state index contributed by atoms with van der Waals surface area (Å²) in [5, 5.41) is 8.92. The number of nitrogens with zero attached hydrogens (tertiary/aromatic N) is 8. The summed E-state index contributed by atoms with van der Waals surface area (Å²) >= 11 is 0. The fraction of sp³-hybridized carbons (Fsp3) is 0.295. The standard InChI is InChI=1S/C24H36N4O2P.2C10H8N2.Ru/c1-18(2)28(19(3)4,29-17-9-13-25)16-8-12-22(30-31)21-11-7-15-27-24(21)23-20(5)10-6-14-26-23;2*1-3-7-11-9(5-1)10-6-2-4-8-12-10;/h6-7,10-11,14-15,18-19,22H,8-9,12,16-17,31H2,1-5H3;2*1-8H;/q+1;;;. The van der Waals surface area contributed by atoms with Crippen molar-refractivity contribution < 1.29 is 33.5 Å². The summed E-state index contributed by atoms with van der Waals surface area (Å²) in [5.41, 5.74) is 7.54. The molecule has 292 valence electrons. The van der Waals surface area contributed by atoms with Crippen molar-refractivity contribution in [2.45, 2.75) is 72.1 Å². The van der Waals surface area contributed by atoms with Crippen LogP contribution in [0, 0.1) is 18.3 Å². The first-order chi connectivity index (χ1) is 26.8. The Bertz CT molecular complexity index is 1850. The fourth-order valence-corrected chi connectivity index (χ4v) is 6.51. The van der Waals surface area contributed by atoms with Crippen LogP contribution in [-0.4, -0.2) is 59.8 Å². The average molecular weight is 857 g/mol. The van der Waals surface area contributed by atoms with Crippen LogP contribution in [0.15, 0.2) is 134 Å². The third-order valence-electron chi connectivity index (χ3n) is 9.04. The van der Waals surface area contributed by atoms with Crippen molar-refractivity contribution in [2.24, 2.45) is 0 Å². The number of aromatic nitrogens is 6. The third kappa shape index (κ3) is 13.5. The number of nitriles is 1. The SMILES string of the molecule is Cc1cccnc1-c1ncccc1C(CCC[N+](OCCC#N)(C(C)C)C(C)C)OP.[Ru].c1ccc(-c2ccccn2)nc1.c1ccc(-c2ccccn2)nc1. The zero-order chi connectivity index (χ0) is 39.3. The van der Waals surface area contributed by atoms with Gasteiger partial charge in [0.05, 0.1) is 52.8 Å². The Morgan fingerprint density at radius 3 is 1.46 bits per heavy atom. The second-order valence-corrected chi connectivity index (χ2v) is 13.5. The molecule has 0 fully saturated rings. The normalized spacial score (nSPS) is 11.3. The second-order valence-electron chi connectivity index (χ2n) is 13.2. The largest absolute Gasteiger partial charge is 0.358 e. The summed E-state index contributed by atoms with van der Waals surface area (Å²) in [6, 6.07) is 34.0. The zero-order valence-corrected chi connectivity index (χ0v) is 35.7. The van der Waals surface area contributed by atoms with Crippen molar-refractivity contribution in [1.82, 2.24) is 29.9 Å². The molecule has 56 heavy (non-hydrogen) atoms. The van der Waals surface area contributed by atoms with Gasteiger partial charge in [0.2, 0.25) is 0 Å². The molecule has 0 saturated heterocycles. The van der Waals surface area contributed by atoms with Crippen molar-refractivity contribution in [1.29, 1.82) is 5.26 Å². The van der Waals surface area contributed by atoms with Crippen LogP contribution in [0.5, 0.6) is 0 Å². The van der Waals surface area contributed by atoms with E-state index in [9.17, 15) is 0 Å². The topological polar surface area (TPSA) is 120 Å². The van der Waals surface area contributed by atoms with E-state index in [1.165, 1.54) is 0 Å². The number of hydrogen-bond acceptors (Lipinski definition) is 9. The van der Waals surface area contributed by atoms with Crippen LogP contribution < -0.4 is 0 Å². The predicted octanol–water partition coefficient (Wildman–Crippen LogP) is 9.84. The maximum absolute atomic E-state index is 8.92. The van der Waals surface area contributed by atoms with Crippen molar-refractivity contribution >= 4 is 9.47 Å². The summed E-state index contributed by atoms with van der Waals surface area (Å²) in [5.74, 6) is 0. The van der Waals surface area contributed by atoms with Crippen LogP contribution in [0.2, 0.25) is 0 Å². The van der Waals surface area contributed by atoms with Crippen molar-refractivity contribution in [3.05, 3.63) is 145 Å². The minimum absolute atomic E-state index is 0. The van der Waals surface area contributed by atoms with Crippen molar-refractivity contribution in [3.63, 3.8) is 0 Å². The molecule has 10 nitrogen and oxygen atoms in total. The number of quaternary nitrogens is 1. The van der Waals surface area contributed by atoms with Gasteiger partial charge in [-0.2, -0.15) is 9.91 Å². The van der Waals surface area contributed by atoms with Crippen LogP contribution in [0.25, 0.3) is 34.2 Å². The summed E-state index contributed by atoms with van der Waals surface area (Å²) in [6.45, 7) is 12.1. The molecule has 0 saturated carbocycles. The molecule has 0 radical (unpaired) electrons. The van der Waals surface area contributed by atoms with Crippen molar-refractivity contribution in [3.8, 4) is 40.2 Å². The Hall–Kier alpha value is -4.68. The minimum Gasteiger partial charge on any atom is -0.358 e. The molecule has 0 amide bonds. The van der Waals surface area contributed by atoms with Crippen LogP contribution in [0.3, 0.4) is 0 Å². The number of rotatable bonds is 14. The molecular formula is C44H52N8O2PRu+. The molecule has 0 aliphatic rings. The van der Waals surface area contributed by atoms with Gasteiger partial charge in [-0.1, -0.05) is 36.4 Å². The van der Waals surface area contributed by atoms with Gasteiger partial charge in [0.15, 0.2) is 0 Å². The monoisotopic (exact) mass is 857 g/mol. The van der Waals surface area contributed by atoms with Crippen LogP contribution in [0.1, 0.15) is 64.2 Å². The molecule has 0 aliphatic heterocycles. The maximum atomic E-state index is 8.92. The molecule has 0 spiro atoms. The molecule has 12 heteroatoms. The molecule has 6 aromatic rings. The average Bonchev–Trinajstić information content (AvgIpc) is 3.23. The molecular weight excluding hydrogens is 805 g/mol. The maximum Gasteiger partial charge on any atom is 0.119 e. The molecule has 2 unspecified atom stereocenters. The Morgan fingerprint density at radius 2 is 1.07 bits per heavy atom. The van der Waals surface area contributed by atoms with Gasteiger partial charge in [0.25, 0.3) is 0 Å². The Labute approximate surface area is 347 Å². The van der Waals surface area contributed by atoms with Gasteiger partial charge >= 0.3 is 0 Å². The molecule has 0 aromatic carbocycles. The van der Waals surface area contributed by atoms with Gasteiger partial charge in [-0.15, -0.1) is 0 Å². The molecule has 0 bridgehead atoms. The third-order valence-corrected chi connectivity index (χ3v) is 9.36. The van der Waals surface area contributed by atoms with Gasteiger partial charge in [0.1, 0.15) is 25.2 Å². The molecule has 6 rings (SSSR count). The van der Waals surface area contributed by atoms with Crippen LogP contribution in [0.4, 0.5) is 0 Å². The molecule has 2 atom stereocenters. The zero-order valence-electron chi connectivity index (χ0n) is 32.8. The quantitative estimate of drug-likeness (QED) is 0.0347. The molecule has 0 N–H and O–H groups in total. The Balaban J connectivity index is 0.000000271. The first kappa shape index (κ1) is 45.7. The van der Waals surface area contributed by atoms with E-state index in [1.807, 2.05) is 97.9 Å². The van der Waals surface area contributed by atoms with E-state index in [4.69, 9.17) is 14.6 Å². The van der Waals surface area contributed by atoms with Gasteiger partial charge in [0, 0.05) is 78.1 Å². The van der Waals surface area contributed by atoms with E-state index >= 15 is 0 Å². The van der Waals surface area contributed by atoms with Crippen LogP contribution in [-0.2, 0) is 28.8 Å². The Kier molecular flexibility index (Phi) is 20.2. The predicted molar refractivity (Wildman–Crippen MR) is 221 cm³/mol. The Morgan fingerprint density at radius 1 is 0.625 bits per heavy atom. The van der Waals surface area contributed by atoms with E-state index in [-0.39, 0.29) is 25.6 Å². The van der Waals surface area contributed by atoms with Crippen molar-refractivity contribution in [2.75, 3.05) is 13.2 Å². The van der Waals surface area contributed by atoms with Gasteiger partial charge < -0.3 is 4.52 Å². The van der Waals surface area contributed by atoms with E-state index in [0.717, 1.165) is 64.7 Å². The smallest absolute Gasteiger partial charge is 0.119 e. The van der Waals surface area contributed by atoms with Gasteiger partial charge in [-0.25, -0.2) is 4.84 Å². The van der Waals surface area contributed by atoms with E-state index in [2.05, 4.69) is 79.2 Å². The van der Waals surface area contributed by atoms with E-state index in [0.29, 0.717) is 29.8 Å². The summed E-state index contributed by atoms with van der Waals surface area (Å²) in [4.78, 5) is 32.2. The summed E-state index contributed by atoms with van der Waals surface area (Å²) in [6.07, 6.45) is 12.7. The number of hydroxylamine groups is 3. The number of aryl methyl sites for hydroxylation is 1. The van der Waals surface area contributed by atoms with E-state index < -0.39 is 0 Å². The summed E-state index contributed by atoms with van der Waals surface area (Å²) < 4.78 is 6.36. The minimum atomic E-state index is -0.115. The number of pyridine rings is 6. The molecule has 0 aliphatic carbocycles. The molecule has 6 aromatic heterocycles. The first-order valence-corrected chi connectivity index (χ1v) is 19.0. The second kappa shape index (κ2) is 24.8. The van der Waals surface area contributed by atoms with Gasteiger partial charge in [-0.05, 0) is 107 Å². The van der Waals surface area contributed by atoms with E-state index in [1.54, 1.807) is 37.2 Å². The van der Waals surface area contributed by atoms with Gasteiger partial charge in [-0.3, -0.25) is 29.9 Å². The first-order valence-electron chi connectivity index (χ1n) is 18.6. The van der Waals surface area contributed by atoms with Crippen LogP contribution >= 0.6 is 9.47 Å².